The van der Waals surface area contributed by atoms with Crippen LogP contribution in [0.15, 0.2) is 42.5 Å². The Hall–Kier alpha value is -1.45. The van der Waals surface area contributed by atoms with Crippen molar-refractivity contribution in [3.8, 4) is 0 Å². The Morgan fingerprint density at radius 3 is 2.35 bits per heavy atom. The third-order valence-corrected chi connectivity index (χ3v) is 3.37. The van der Waals surface area contributed by atoms with Crippen LogP contribution in [-0.2, 0) is 0 Å². The zero-order chi connectivity index (χ0) is 14.4. The lowest BCUT2D eigenvalue weighted by molar-refractivity contribution is 0.218. The fourth-order valence-electron chi connectivity index (χ4n) is 2.05. The molecule has 2 aromatic carbocycles. The number of anilines is 1. The molecule has 2 rings (SSSR count). The molecule has 0 unspecified atom stereocenters. The molecule has 106 valence electrons. The zero-order valence-corrected chi connectivity index (χ0v) is 12.5. The van der Waals surface area contributed by atoms with Crippen LogP contribution in [0.5, 0.6) is 0 Å². The first-order chi connectivity index (χ1) is 9.76. The molecule has 1 N–H and O–H groups in total. The summed E-state index contributed by atoms with van der Waals surface area (Å²) in [5.74, 6) is 0.777. The highest BCUT2D eigenvalue weighted by Gasteiger charge is 2.13. The SMILES string of the molecule is O=C(Nc1cccc2ccccc12)N(CCCl)CCCl. The van der Waals surface area contributed by atoms with Crippen LogP contribution < -0.4 is 5.32 Å². The van der Waals surface area contributed by atoms with E-state index in [2.05, 4.69) is 5.32 Å². The van der Waals surface area contributed by atoms with Gasteiger partial charge < -0.3 is 10.2 Å². The minimum absolute atomic E-state index is 0.178. The molecule has 0 bridgehead atoms. The molecule has 0 aromatic heterocycles. The lowest BCUT2D eigenvalue weighted by Gasteiger charge is -2.21. The van der Waals surface area contributed by atoms with Gasteiger partial charge in [-0.2, -0.15) is 0 Å². The Morgan fingerprint density at radius 1 is 1.00 bits per heavy atom. The van der Waals surface area contributed by atoms with Gasteiger partial charge in [0.2, 0.25) is 0 Å². The molecule has 0 aliphatic rings. The monoisotopic (exact) mass is 310 g/mol. The molecule has 20 heavy (non-hydrogen) atoms. The second-order valence-corrected chi connectivity index (χ2v) is 5.08. The van der Waals surface area contributed by atoms with E-state index in [1.54, 1.807) is 4.90 Å². The molecule has 2 aromatic rings. The first-order valence-corrected chi connectivity index (χ1v) is 7.49. The number of amides is 2. The smallest absolute Gasteiger partial charge is 0.321 e. The molecule has 2 amide bonds. The number of nitrogens with one attached hydrogen (secondary N) is 1. The van der Waals surface area contributed by atoms with Crippen molar-refractivity contribution in [3.05, 3.63) is 42.5 Å². The number of carbonyl (C=O) groups is 1. The largest absolute Gasteiger partial charge is 0.322 e. The van der Waals surface area contributed by atoms with Crippen LogP contribution in [0.25, 0.3) is 10.8 Å². The Balaban J connectivity index is 2.20. The van der Waals surface area contributed by atoms with Crippen LogP contribution in [0.2, 0.25) is 0 Å². The lowest BCUT2D eigenvalue weighted by atomic mass is 10.1. The molecule has 0 radical (unpaired) electrons. The Labute approximate surface area is 128 Å². The summed E-state index contributed by atoms with van der Waals surface area (Å²) in [5.41, 5.74) is 0.794. The van der Waals surface area contributed by atoms with E-state index in [0.29, 0.717) is 24.8 Å². The van der Waals surface area contributed by atoms with Crippen molar-refractivity contribution in [1.29, 1.82) is 0 Å². The van der Waals surface area contributed by atoms with Gasteiger partial charge in [-0.15, -0.1) is 23.2 Å². The van der Waals surface area contributed by atoms with Crippen molar-refractivity contribution in [3.63, 3.8) is 0 Å². The molecule has 0 fully saturated rings. The molecule has 5 heteroatoms. The van der Waals surface area contributed by atoms with Crippen LogP contribution in [0.1, 0.15) is 0 Å². The first kappa shape index (κ1) is 14.9. The molecular formula is C15H16Cl2N2O. The van der Waals surface area contributed by atoms with Gasteiger partial charge in [-0.1, -0.05) is 36.4 Å². The number of hydrogen-bond acceptors (Lipinski definition) is 1. The van der Waals surface area contributed by atoms with E-state index in [1.807, 2.05) is 42.5 Å². The number of rotatable bonds is 5. The zero-order valence-electron chi connectivity index (χ0n) is 11.0. The second kappa shape index (κ2) is 7.36. The van der Waals surface area contributed by atoms with Crippen molar-refractivity contribution in [2.75, 3.05) is 30.2 Å². The average molecular weight is 311 g/mol. The summed E-state index contributed by atoms with van der Waals surface area (Å²) in [7, 11) is 0. The topological polar surface area (TPSA) is 32.3 Å². The molecular weight excluding hydrogens is 295 g/mol. The van der Waals surface area contributed by atoms with Crippen molar-refractivity contribution in [1.82, 2.24) is 4.90 Å². The number of carbonyl (C=O) groups excluding carboxylic acids is 1. The third kappa shape index (κ3) is 3.56. The van der Waals surface area contributed by atoms with Gasteiger partial charge >= 0.3 is 6.03 Å². The minimum atomic E-state index is -0.178. The predicted molar refractivity (Wildman–Crippen MR) is 86.0 cm³/mol. The highest BCUT2D eigenvalue weighted by atomic mass is 35.5. The van der Waals surface area contributed by atoms with Crippen molar-refractivity contribution in [2.24, 2.45) is 0 Å². The summed E-state index contributed by atoms with van der Waals surface area (Å²) < 4.78 is 0. The van der Waals surface area contributed by atoms with Crippen molar-refractivity contribution in [2.45, 2.75) is 0 Å². The van der Waals surface area contributed by atoms with E-state index in [1.165, 1.54) is 0 Å². The molecule has 0 aliphatic carbocycles. The number of alkyl halides is 2. The van der Waals surface area contributed by atoms with Crippen LogP contribution in [0.4, 0.5) is 10.5 Å². The summed E-state index contributed by atoms with van der Waals surface area (Å²) >= 11 is 11.4. The van der Waals surface area contributed by atoms with Gasteiger partial charge in [-0.05, 0) is 11.5 Å². The summed E-state index contributed by atoms with van der Waals surface area (Å²) in [6.07, 6.45) is 0. The Morgan fingerprint density at radius 2 is 1.65 bits per heavy atom. The quantitative estimate of drug-likeness (QED) is 0.827. The summed E-state index contributed by atoms with van der Waals surface area (Å²) in [5, 5.41) is 5.03. The molecule has 0 aliphatic heterocycles. The van der Waals surface area contributed by atoms with E-state index in [4.69, 9.17) is 23.2 Å². The van der Waals surface area contributed by atoms with E-state index < -0.39 is 0 Å². The Bertz CT molecular complexity index is 578. The summed E-state index contributed by atoms with van der Waals surface area (Å²) in [6.45, 7) is 0.954. The normalized spacial score (nSPS) is 10.5. The number of fused-ring (bicyclic) bond motifs is 1. The van der Waals surface area contributed by atoms with E-state index in [-0.39, 0.29) is 6.03 Å². The van der Waals surface area contributed by atoms with Gasteiger partial charge in [0.05, 0.1) is 5.69 Å². The molecule has 0 saturated carbocycles. The molecule has 0 spiro atoms. The van der Waals surface area contributed by atoms with Crippen LogP contribution in [0, 0.1) is 0 Å². The van der Waals surface area contributed by atoms with Gasteiger partial charge in [0.25, 0.3) is 0 Å². The van der Waals surface area contributed by atoms with Crippen LogP contribution >= 0.6 is 23.2 Å². The highest BCUT2D eigenvalue weighted by Crippen LogP contribution is 2.23. The van der Waals surface area contributed by atoms with Crippen molar-refractivity contribution >= 4 is 45.7 Å². The summed E-state index contributed by atoms with van der Waals surface area (Å²) in [6, 6.07) is 13.6. The molecule has 0 atom stereocenters. The fourth-order valence-corrected chi connectivity index (χ4v) is 2.46. The minimum Gasteiger partial charge on any atom is -0.322 e. The van der Waals surface area contributed by atoms with Gasteiger partial charge in [0, 0.05) is 30.2 Å². The maximum atomic E-state index is 12.2. The van der Waals surface area contributed by atoms with E-state index in [9.17, 15) is 4.79 Å². The summed E-state index contributed by atoms with van der Waals surface area (Å²) in [4.78, 5) is 13.8. The van der Waals surface area contributed by atoms with E-state index >= 15 is 0 Å². The lowest BCUT2D eigenvalue weighted by Crippen LogP contribution is -2.37. The molecule has 0 saturated heterocycles. The second-order valence-electron chi connectivity index (χ2n) is 4.32. The number of benzene rings is 2. The maximum absolute atomic E-state index is 12.2. The first-order valence-electron chi connectivity index (χ1n) is 6.42. The number of urea groups is 1. The number of halogens is 2. The van der Waals surface area contributed by atoms with Gasteiger partial charge in [-0.3, -0.25) is 0 Å². The van der Waals surface area contributed by atoms with Crippen molar-refractivity contribution < 1.29 is 4.79 Å². The average Bonchev–Trinajstić information content (AvgIpc) is 2.47. The third-order valence-electron chi connectivity index (χ3n) is 3.03. The predicted octanol–water partition coefficient (Wildman–Crippen LogP) is 4.15. The number of nitrogens with zero attached hydrogens (tertiary/aromatic N) is 1. The van der Waals surface area contributed by atoms with Crippen LogP contribution in [0.3, 0.4) is 0 Å². The highest BCUT2D eigenvalue weighted by molar-refractivity contribution is 6.18. The maximum Gasteiger partial charge on any atom is 0.321 e. The fraction of sp³-hybridized carbons (Fsp3) is 0.267. The van der Waals surface area contributed by atoms with Crippen LogP contribution in [-0.4, -0.2) is 35.8 Å². The van der Waals surface area contributed by atoms with Gasteiger partial charge in [-0.25, -0.2) is 4.79 Å². The number of hydrogen-bond donors (Lipinski definition) is 1. The van der Waals surface area contributed by atoms with E-state index in [0.717, 1.165) is 16.5 Å². The Kier molecular flexibility index (Phi) is 5.50. The molecule has 3 nitrogen and oxygen atoms in total. The van der Waals surface area contributed by atoms with Gasteiger partial charge in [0.15, 0.2) is 0 Å². The standard InChI is InChI=1S/C15H16Cl2N2O/c16-8-10-19(11-9-17)15(20)18-14-7-3-5-12-4-1-2-6-13(12)14/h1-7H,8-11H2,(H,18,20). The molecule has 0 heterocycles. The van der Waals surface area contributed by atoms with Gasteiger partial charge in [0.1, 0.15) is 0 Å².